The molecule has 104 valence electrons. The Hall–Kier alpha value is -0.870. The molecule has 0 amide bonds. The Labute approximate surface area is 121 Å². The second-order valence-corrected chi connectivity index (χ2v) is 8.05. The number of aryl methyl sites for hydroxylation is 2. The smallest absolute Gasteiger partial charge is 0.151 e. The van der Waals surface area contributed by atoms with E-state index in [1.165, 1.54) is 0 Å². The Balaban J connectivity index is 2.38. The van der Waals surface area contributed by atoms with Crippen LogP contribution in [0.4, 0.5) is 0 Å². The molecule has 1 unspecified atom stereocenters. The summed E-state index contributed by atoms with van der Waals surface area (Å²) in [5.41, 5.74) is 0.977. The second-order valence-electron chi connectivity index (χ2n) is 5.07. The Bertz CT molecular complexity index is 645. The van der Waals surface area contributed by atoms with Crippen molar-refractivity contribution in [3.05, 3.63) is 15.9 Å². The molecule has 0 bridgehead atoms. The van der Waals surface area contributed by atoms with Gasteiger partial charge in [-0.25, -0.2) is 8.42 Å². The SMILES string of the molecule is CCn1nc(C)c(Br)c1CC1(C#N)CCS(=O)(=O)C1. The van der Waals surface area contributed by atoms with Gasteiger partial charge < -0.3 is 0 Å². The average molecular weight is 346 g/mol. The van der Waals surface area contributed by atoms with Crippen molar-refractivity contribution < 1.29 is 8.42 Å². The minimum Gasteiger partial charge on any atom is -0.268 e. The van der Waals surface area contributed by atoms with Crippen LogP contribution in [0.25, 0.3) is 0 Å². The van der Waals surface area contributed by atoms with Crippen LogP contribution < -0.4 is 0 Å². The van der Waals surface area contributed by atoms with Crippen molar-refractivity contribution in [2.24, 2.45) is 5.41 Å². The molecule has 1 atom stereocenters. The van der Waals surface area contributed by atoms with E-state index in [4.69, 9.17) is 0 Å². The largest absolute Gasteiger partial charge is 0.268 e. The predicted octanol–water partition coefficient (Wildman–Crippen LogP) is 1.84. The standard InChI is InChI=1S/C12H16BrN3O2S/c1-3-16-10(11(13)9(2)15-16)6-12(7-14)4-5-19(17,18)8-12/h3-6,8H2,1-2H3. The highest BCUT2D eigenvalue weighted by molar-refractivity contribution is 9.10. The first-order valence-corrected chi connectivity index (χ1v) is 8.77. The maximum Gasteiger partial charge on any atom is 0.151 e. The summed E-state index contributed by atoms with van der Waals surface area (Å²) in [6.07, 6.45) is 0.838. The fourth-order valence-corrected chi connectivity index (χ4v) is 4.96. The van der Waals surface area contributed by atoms with Crippen molar-refractivity contribution in [2.75, 3.05) is 11.5 Å². The molecule has 0 radical (unpaired) electrons. The van der Waals surface area contributed by atoms with E-state index in [0.29, 0.717) is 19.4 Å². The number of rotatable bonds is 3. The number of hydrogen-bond acceptors (Lipinski definition) is 4. The van der Waals surface area contributed by atoms with Crippen molar-refractivity contribution in [3.8, 4) is 6.07 Å². The lowest BCUT2D eigenvalue weighted by atomic mass is 9.84. The molecule has 5 nitrogen and oxygen atoms in total. The summed E-state index contributed by atoms with van der Waals surface area (Å²) in [5, 5.41) is 13.8. The molecule has 7 heteroatoms. The Morgan fingerprint density at radius 2 is 2.26 bits per heavy atom. The van der Waals surface area contributed by atoms with Gasteiger partial charge in [-0.1, -0.05) is 0 Å². The molecule has 0 aromatic carbocycles. The normalized spacial score (nSPS) is 25.4. The van der Waals surface area contributed by atoms with Crippen LogP contribution in [0.15, 0.2) is 4.47 Å². The summed E-state index contributed by atoms with van der Waals surface area (Å²) >= 11 is 3.49. The first-order valence-electron chi connectivity index (χ1n) is 6.16. The molecule has 1 aliphatic heterocycles. The predicted molar refractivity (Wildman–Crippen MR) is 75.4 cm³/mol. The van der Waals surface area contributed by atoms with Crippen LogP contribution in [0.1, 0.15) is 24.7 Å². The monoisotopic (exact) mass is 345 g/mol. The molecule has 1 aliphatic rings. The van der Waals surface area contributed by atoms with Crippen LogP contribution in [0.2, 0.25) is 0 Å². The summed E-state index contributed by atoms with van der Waals surface area (Å²) < 4.78 is 26.0. The van der Waals surface area contributed by atoms with Gasteiger partial charge in [0.15, 0.2) is 9.84 Å². The number of hydrogen-bond donors (Lipinski definition) is 0. The lowest BCUT2D eigenvalue weighted by molar-refractivity contribution is 0.429. The summed E-state index contributed by atoms with van der Waals surface area (Å²) in [7, 11) is -3.08. The van der Waals surface area contributed by atoms with Gasteiger partial charge in [-0.15, -0.1) is 0 Å². The van der Waals surface area contributed by atoms with Crippen LogP contribution in [0, 0.1) is 23.7 Å². The first kappa shape index (κ1) is 14.5. The molecule has 1 aromatic rings. The summed E-state index contributed by atoms with van der Waals surface area (Å²) in [4.78, 5) is 0. The van der Waals surface area contributed by atoms with E-state index in [1.54, 1.807) is 0 Å². The third kappa shape index (κ3) is 2.70. The zero-order valence-electron chi connectivity index (χ0n) is 11.0. The van der Waals surface area contributed by atoms with Crippen molar-refractivity contribution >= 4 is 25.8 Å². The zero-order chi connectivity index (χ0) is 14.3. The van der Waals surface area contributed by atoms with E-state index in [1.807, 2.05) is 18.5 Å². The van der Waals surface area contributed by atoms with Crippen molar-refractivity contribution in [1.29, 1.82) is 5.26 Å². The van der Waals surface area contributed by atoms with Crippen LogP contribution in [0.5, 0.6) is 0 Å². The molecule has 1 saturated heterocycles. The molecular weight excluding hydrogens is 330 g/mol. The fourth-order valence-electron chi connectivity index (χ4n) is 2.54. The van der Waals surface area contributed by atoms with Crippen LogP contribution in [-0.2, 0) is 22.8 Å². The second kappa shape index (κ2) is 4.91. The number of nitriles is 1. The van der Waals surface area contributed by atoms with E-state index < -0.39 is 15.3 Å². The highest BCUT2D eigenvalue weighted by Crippen LogP contribution is 2.37. The third-order valence-electron chi connectivity index (χ3n) is 3.58. The minimum atomic E-state index is -3.08. The Morgan fingerprint density at radius 3 is 2.74 bits per heavy atom. The Kier molecular flexibility index (Phi) is 3.76. The lowest BCUT2D eigenvalue weighted by Gasteiger charge is -2.19. The maximum atomic E-state index is 11.7. The molecule has 19 heavy (non-hydrogen) atoms. The van der Waals surface area contributed by atoms with Gasteiger partial charge in [-0.3, -0.25) is 4.68 Å². The van der Waals surface area contributed by atoms with Gasteiger partial charge in [0.05, 0.1) is 38.9 Å². The molecule has 1 aromatic heterocycles. The number of halogens is 1. The quantitative estimate of drug-likeness (QED) is 0.837. The topological polar surface area (TPSA) is 75.8 Å². The van der Waals surface area contributed by atoms with Crippen molar-refractivity contribution in [2.45, 2.75) is 33.2 Å². The summed E-state index contributed by atoms with van der Waals surface area (Å²) in [6.45, 7) is 4.58. The minimum absolute atomic E-state index is 0.0448. The van der Waals surface area contributed by atoms with Crippen LogP contribution in [0.3, 0.4) is 0 Å². The molecule has 0 aliphatic carbocycles. The van der Waals surface area contributed by atoms with Gasteiger partial charge in [0.2, 0.25) is 0 Å². The zero-order valence-corrected chi connectivity index (χ0v) is 13.4. The molecular formula is C12H16BrN3O2S. The highest BCUT2D eigenvalue weighted by Gasteiger charge is 2.43. The van der Waals surface area contributed by atoms with Gasteiger partial charge in [0.1, 0.15) is 0 Å². The number of aromatic nitrogens is 2. The molecule has 2 heterocycles. The number of sulfone groups is 1. The van der Waals surface area contributed by atoms with Crippen molar-refractivity contribution in [3.63, 3.8) is 0 Å². The third-order valence-corrected chi connectivity index (χ3v) is 6.43. The van der Waals surface area contributed by atoms with Gasteiger partial charge >= 0.3 is 0 Å². The van der Waals surface area contributed by atoms with Crippen molar-refractivity contribution in [1.82, 2.24) is 9.78 Å². The molecule has 2 rings (SSSR count). The molecule has 0 N–H and O–H groups in total. The highest BCUT2D eigenvalue weighted by atomic mass is 79.9. The first-order chi connectivity index (χ1) is 8.82. The Morgan fingerprint density at radius 1 is 1.58 bits per heavy atom. The summed E-state index contributed by atoms with van der Waals surface area (Å²) in [6, 6.07) is 2.23. The van der Waals surface area contributed by atoms with Gasteiger partial charge in [0, 0.05) is 13.0 Å². The summed E-state index contributed by atoms with van der Waals surface area (Å²) in [5.74, 6) is 0.0638. The molecule has 0 spiro atoms. The molecule has 1 fully saturated rings. The van der Waals surface area contributed by atoms with E-state index in [2.05, 4.69) is 27.1 Å². The van der Waals surface area contributed by atoms with Crippen LogP contribution in [-0.4, -0.2) is 29.7 Å². The molecule has 0 saturated carbocycles. The van der Waals surface area contributed by atoms with Gasteiger partial charge in [-0.05, 0) is 36.2 Å². The van der Waals surface area contributed by atoms with Gasteiger partial charge in [-0.2, -0.15) is 10.4 Å². The van der Waals surface area contributed by atoms with Crippen LogP contribution >= 0.6 is 15.9 Å². The van der Waals surface area contributed by atoms with E-state index >= 15 is 0 Å². The van der Waals surface area contributed by atoms with E-state index in [0.717, 1.165) is 15.9 Å². The maximum absolute atomic E-state index is 11.7. The fraction of sp³-hybridized carbons (Fsp3) is 0.667. The lowest BCUT2D eigenvalue weighted by Crippen LogP contribution is -2.25. The van der Waals surface area contributed by atoms with Gasteiger partial charge in [0.25, 0.3) is 0 Å². The number of nitrogens with zero attached hydrogens (tertiary/aromatic N) is 3. The average Bonchev–Trinajstić information content (AvgIpc) is 2.81. The van der Waals surface area contributed by atoms with E-state index in [-0.39, 0.29) is 11.5 Å². The van der Waals surface area contributed by atoms with E-state index in [9.17, 15) is 13.7 Å².